The summed E-state index contributed by atoms with van der Waals surface area (Å²) in [5.41, 5.74) is 1.79. The van der Waals surface area contributed by atoms with Gasteiger partial charge < -0.3 is 10.6 Å². The minimum Gasteiger partial charge on any atom is -0.354 e. The van der Waals surface area contributed by atoms with E-state index in [0.717, 1.165) is 22.8 Å². The Hall–Kier alpha value is -1.21. The lowest BCUT2D eigenvalue weighted by molar-refractivity contribution is -0.120. The van der Waals surface area contributed by atoms with E-state index in [4.69, 9.17) is 0 Å². The SMILES string of the molecule is CCN[C@H](C)CNC(=O)Cc1csc(Cc2ccc(F)cc2)n1.Cl.Cl. The van der Waals surface area contributed by atoms with Crippen molar-refractivity contribution in [3.8, 4) is 0 Å². The lowest BCUT2D eigenvalue weighted by Gasteiger charge is -2.12. The number of benzene rings is 1. The molecule has 0 spiro atoms. The normalized spacial score (nSPS) is 11.2. The fraction of sp³-hybridized carbons (Fsp3) is 0.412. The Bertz CT molecular complexity index is 637. The third kappa shape index (κ3) is 8.63. The fourth-order valence-corrected chi connectivity index (χ4v) is 3.03. The van der Waals surface area contributed by atoms with Crippen LogP contribution < -0.4 is 10.6 Å². The molecule has 25 heavy (non-hydrogen) atoms. The topological polar surface area (TPSA) is 54.0 Å². The van der Waals surface area contributed by atoms with Crippen LogP contribution in [0.3, 0.4) is 0 Å². The molecule has 0 aliphatic rings. The maximum Gasteiger partial charge on any atom is 0.226 e. The Labute approximate surface area is 164 Å². The zero-order chi connectivity index (χ0) is 16.7. The molecular formula is C17H24Cl2FN3OS. The Balaban J connectivity index is 0.00000288. The van der Waals surface area contributed by atoms with Crippen LogP contribution in [-0.2, 0) is 17.6 Å². The van der Waals surface area contributed by atoms with E-state index in [1.807, 2.05) is 19.2 Å². The zero-order valence-electron chi connectivity index (χ0n) is 14.3. The van der Waals surface area contributed by atoms with Crippen LogP contribution in [0, 0.1) is 5.82 Å². The van der Waals surface area contributed by atoms with Gasteiger partial charge >= 0.3 is 0 Å². The van der Waals surface area contributed by atoms with Crippen molar-refractivity contribution in [1.29, 1.82) is 0 Å². The number of hydrogen-bond donors (Lipinski definition) is 2. The average Bonchev–Trinajstić information content (AvgIpc) is 2.95. The second-order valence-electron chi connectivity index (χ2n) is 5.48. The molecule has 0 radical (unpaired) electrons. The van der Waals surface area contributed by atoms with Gasteiger partial charge in [0.05, 0.1) is 17.1 Å². The average molecular weight is 408 g/mol. The number of hydrogen-bond acceptors (Lipinski definition) is 4. The molecule has 0 aliphatic carbocycles. The summed E-state index contributed by atoms with van der Waals surface area (Å²) in [6, 6.07) is 6.66. The molecule has 1 amide bonds. The molecule has 1 heterocycles. The van der Waals surface area contributed by atoms with Gasteiger partial charge in [0, 0.05) is 24.4 Å². The van der Waals surface area contributed by atoms with Crippen molar-refractivity contribution in [3.05, 3.63) is 51.7 Å². The van der Waals surface area contributed by atoms with E-state index in [-0.39, 0.29) is 42.6 Å². The lowest BCUT2D eigenvalue weighted by atomic mass is 10.1. The van der Waals surface area contributed by atoms with Crippen LogP contribution in [-0.4, -0.2) is 30.0 Å². The van der Waals surface area contributed by atoms with Gasteiger partial charge in [0.25, 0.3) is 0 Å². The highest BCUT2D eigenvalue weighted by atomic mass is 35.5. The van der Waals surface area contributed by atoms with E-state index in [2.05, 4.69) is 15.6 Å². The number of nitrogens with zero attached hydrogens (tertiary/aromatic N) is 1. The molecule has 1 atom stereocenters. The van der Waals surface area contributed by atoms with Crippen LogP contribution in [0.2, 0.25) is 0 Å². The van der Waals surface area contributed by atoms with Crippen LogP contribution in [0.15, 0.2) is 29.6 Å². The highest BCUT2D eigenvalue weighted by molar-refractivity contribution is 7.09. The van der Waals surface area contributed by atoms with E-state index in [9.17, 15) is 9.18 Å². The first-order valence-electron chi connectivity index (χ1n) is 7.74. The Morgan fingerprint density at radius 1 is 1.28 bits per heavy atom. The van der Waals surface area contributed by atoms with E-state index in [1.54, 1.807) is 12.1 Å². The van der Waals surface area contributed by atoms with Gasteiger partial charge in [-0.25, -0.2) is 9.37 Å². The number of thiazole rings is 1. The molecule has 2 N–H and O–H groups in total. The second kappa shape index (κ2) is 12.2. The molecule has 0 fully saturated rings. The van der Waals surface area contributed by atoms with Crippen molar-refractivity contribution in [3.63, 3.8) is 0 Å². The first-order valence-corrected chi connectivity index (χ1v) is 8.62. The number of rotatable bonds is 8. The number of nitrogens with one attached hydrogen (secondary N) is 2. The monoisotopic (exact) mass is 407 g/mol. The predicted octanol–water partition coefficient (Wildman–Crippen LogP) is 3.37. The van der Waals surface area contributed by atoms with E-state index in [1.165, 1.54) is 23.5 Å². The largest absolute Gasteiger partial charge is 0.354 e. The van der Waals surface area contributed by atoms with E-state index >= 15 is 0 Å². The summed E-state index contributed by atoms with van der Waals surface area (Å²) in [6.07, 6.45) is 0.947. The highest BCUT2D eigenvalue weighted by Crippen LogP contribution is 2.15. The van der Waals surface area contributed by atoms with Crippen LogP contribution in [0.1, 0.15) is 30.1 Å². The van der Waals surface area contributed by atoms with Crippen LogP contribution >= 0.6 is 36.2 Å². The molecule has 8 heteroatoms. The quantitative estimate of drug-likeness (QED) is 0.704. The minimum absolute atomic E-state index is 0. The van der Waals surface area contributed by atoms with Gasteiger partial charge in [0.15, 0.2) is 0 Å². The molecule has 1 aromatic heterocycles. The number of amides is 1. The van der Waals surface area contributed by atoms with Crippen molar-refractivity contribution in [2.45, 2.75) is 32.7 Å². The molecule has 0 bridgehead atoms. The van der Waals surface area contributed by atoms with Gasteiger partial charge in [-0.15, -0.1) is 36.2 Å². The van der Waals surface area contributed by atoms with Crippen molar-refractivity contribution in [2.24, 2.45) is 0 Å². The van der Waals surface area contributed by atoms with Crippen LogP contribution in [0.4, 0.5) is 4.39 Å². The van der Waals surface area contributed by atoms with Gasteiger partial charge in [-0.2, -0.15) is 0 Å². The fourth-order valence-electron chi connectivity index (χ4n) is 2.20. The first-order chi connectivity index (χ1) is 11.1. The maximum atomic E-state index is 12.9. The van der Waals surface area contributed by atoms with Crippen molar-refractivity contribution < 1.29 is 9.18 Å². The number of carbonyl (C=O) groups is 1. The van der Waals surface area contributed by atoms with Crippen LogP contribution in [0.25, 0.3) is 0 Å². The molecule has 4 nitrogen and oxygen atoms in total. The standard InChI is InChI=1S/C17H22FN3OS.2ClH/c1-3-19-12(2)10-20-16(22)9-15-11-23-17(21-15)8-13-4-6-14(18)7-5-13;;/h4-7,11-12,19H,3,8-10H2,1-2H3,(H,20,22);2*1H/t12-;;/m1../s1. The molecule has 140 valence electrons. The maximum absolute atomic E-state index is 12.9. The summed E-state index contributed by atoms with van der Waals surface area (Å²) in [6.45, 7) is 5.57. The summed E-state index contributed by atoms with van der Waals surface area (Å²) in [4.78, 5) is 16.4. The van der Waals surface area contributed by atoms with Gasteiger partial charge in [0.2, 0.25) is 5.91 Å². The lowest BCUT2D eigenvalue weighted by Crippen LogP contribution is -2.39. The molecule has 0 unspecified atom stereocenters. The summed E-state index contributed by atoms with van der Waals surface area (Å²) < 4.78 is 12.9. The van der Waals surface area contributed by atoms with Crippen molar-refractivity contribution in [1.82, 2.24) is 15.6 Å². The number of carbonyl (C=O) groups excluding carboxylic acids is 1. The Morgan fingerprint density at radius 3 is 2.60 bits per heavy atom. The molecule has 1 aromatic carbocycles. The molecular weight excluding hydrogens is 384 g/mol. The highest BCUT2D eigenvalue weighted by Gasteiger charge is 2.09. The molecule has 2 rings (SSSR count). The van der Waals surface area contributed by atoms with Crippen molar-refractivity contribution >= 4 is 42.1 Å². The smallest absolute Gasteiger partial charge is 0.226 e. The Kier molecular flexibility index (Phi) is 11.6. The predicted molar refractivity (Wildman–Crippen MR) is 106 cm³/mol. The van der Waals surface area contributed by atoms with Gasteiger partial charge in [-0.1, -0.05) is 19.1 Å². The third-order valence-electron chi connectivity index (χ3n) is 3.37. The second-order valence-corrected chi connectivity index (χ2v) is 6.42. The number of aromatic nitrogens is 1. The summed E-state index contributed by atoms with van der Waals surface area (Å²) >= 11 is 1.53. The molecule has 0 saturated heterocycles. The zero-order valence-corrected chi connectivity index (χ0v) is 16.7. The van der Waals surface area contributed by atoms with E-state index in [0.29, 0.717) is 19.4 Å². The molecule has 0 aliphatic heterocycles. The number of halogens is 3. The van der Waals surface area contributed by atoms with Crippen LogP contribution in [0.5, 0.6) is 0 Å². The summed E-state index contributed by atoms with van der Waals surface area (Å²) in [5, 5.41) is 8.99. The first kappa shape index (κ1) is 23.8. The molecule has 2 aromatic rings. The third-order valence-corrected chi connectivity index (χ3v) is 4.27. The molecule has 0 saturated carbocycles. The Morgan fingerprint density at radius 2 is 1.96 bits per heavy atom. The van der Waals surface area contributed by atoms with Crippen molar-refractivity contribution in [2.75, 3.05) is 13.1 Å². The van der Waals surface area contributed by atoms with Gasteiger partial charge in [0.1, 0.15) is 5.82 Å². The summed E-state index contributed by atoms with van der Waals surface area (Å²) in [5.74, 6) is -0.259. The van der Waals surface area contributed by atoms with E-state index < -0.39 is 0 Å². The number of likely N-dealkylation sites (N-methyl/N-ethyl adjacent to an activating group) is 1. The summed E-state index contributed by atoms with van der Waals surface area (Å²) in [7, 11) is 0. The van der Waals surface area contributed by atoms with Gasteiger partial charge in [-0.3, -0.25) is 4.79 Å². The minimum atomic E-state index is -0.239. The van der Waals surface area contributed by atoms with Gasteiger partial charge in [-0.05, 0) is 31.2 Å².